The van der Waals surface area contributed by atoms with E-state index >= 15 is 0 Å². The molecule has 3 nitrogen and oxygen atoms in total. The minimum Gasteiger partial charge on any atom is -0.479 e. The molecule has 0 saturated carbocycles. The smallest absolute Gasteiger partial charge is 0.332 e. The van der Waals surface area contributed by atoms with E-state index in [4.69, 9.17) is 10.2 Å². The number of carbonyl (C=O) groups is 1. The van der Waals surface area contributed by atoms with E-state index in [9.17, 15) is 9.18 Å². The summed E-state index contributed by atoms with van der Waals surface area (Å²) in [5.41, 5.74) is 0.974. The molecule has 0 aliphatic rings. The highest BCUT2D eigenvalue weighted by atomic mass is 19.1. The minimum atomic E-state index is -1.55. The number of benzene rings is 1. The van der Waals surface area contributed by atoms with Gasteiger partial charge in [-0.25, -0.2) is 9.18 Å². The maximum Gasteiger partial charge on any atom is 0.332 e. The summed E-state index contributed by atoms with van der Waals surface area (Å²) in [5.74, 6) is -1.82. The zero-order chi connectivity index (χ0) is 10.7. The van der Waals surface area contributed by atoms with Crippen molar-refractivity contribution >= 4 is 5.97 Å². The van der Waals surface area contributed by atoms with E-state index in [0.29, 0.717) is 0 Å². The number of hydrogen-bond acceptors (Lipinski definition) is 2. The van der Waals surface area contributed by atoms with E-state index in [0.717, 1.165) is 5.56 Å². The second-order valence-corrected chi connectivity index (χ2v) is 3.15. The van der Waals surface area contributed by atoms with Gasteiger partial charge in [0.15, 0.2) is 6.10 Å². The molecule has 1 rings (SSSR count). The topological polar surface area (TPSA) is 57.5 Å². The standard InChI is InChI=1S/C10H11FO3/c1-6-2-3-7(8(11)4-6)5-9(12)10(13)14/h2-4,9,12H,5H2,1H3,(H,13,14). The normalized spacial score (nSPS) is 12.5. The molecule has 0 bridgehead atoms. The maximum atomic E-state index is 13.2. The van der Waals surface area contributed by atoms with Gasteiger partial charge in [0.05, 0.1) is 0 Å². The summed E-state index contributed by atoms with van der Waals surface area (Å²) in [6.07, 6.45) is -1.76. The third-order valence-electron chi connectivity index (χ3n) is 1.91. The highest BCUT2D eigenvalue weighted by Gasteiger charge is 2.15. The number of carboxylic acid groups (broad SMARTS) is 1. The fourth-order valence-corrected chi connectivity index (χ4v) is 1.11. The highest BCUT2D eigenvalue weighted by molar-refractivity contribution is 5.72. The van der Waals surface area contributed by atoms with Crippen LogP contribution in [0.2, 0.25) is 0 Å². The van der Waals surface area contributed by atoms with Crippen LogP contribution in [-0.4, -0.2) is 22.3 Å². The number of hydrogen-bond donors (Lipinski definition) is 2. The lowest BCUT2D eigenvalue weighted by atomic mass is 10.1. The first kappa shape index (κ1) is 10.7. The molecule has 0 aromatic heterocycles. The monoisotopic (exact) mass is 198 g/mol. The lowest BCUT2D eigenvalue weighted by molar-refractivity contribution is -0.146. The zero-order valence-electron chi connectivity index (χ0n) is 7.70. The Morgan fingerprint density at radius 2 is 2.21 bits per heavy atom. The summed E-state index contributed by atoms with van der Waals surface area (Å²) in [5, 5.41) is 17.4. The largest absolute Gasteiger partial charge is 0.479 e. The number of aliphatic hydroxyl groups excluding tert-OH is 1. The number of aliphatic hydroxyl groups is 1. The fraction of sp³-hybridized carbons (Fsp3) is 0.300. The van der Waals surface area contributed by atoms with Crippen LogP contribution in [0.5, 0.6) is 0 Å². The Hall–Kier alpha value is -1.42. The third-order valence-corrected chi connectivity index (χ3v) is 1.91. The summed E-state index contributed by atoms with van der Waals surface area (Å²) in [6, 6.07) is 4.47. The molecular formula is C10H11FO3. The van der Waals surface area contributed by atoms with Crippen LogP contribution < -0.4 is 0 Å². The van der Waals surface area contributed by atoms with Crippen LogP contribution in [0.3, 0.4) is 0 Å². The summed E-state index contributed by atoms with van der Waals surface area (Å²) >= 11 is 0. The first-order valence-electron chi connectivity index (χ1n) is 4.16. The lowest BCUT2D eigenvalue weighted by Gasteiger charge is -2.06. The van der Waals surface area contributed by atoms with E-state index in [-0.39, 0.29) is 12.0 Å². The lowest BCUT2D eigenvalue weighted by Crippen LogP contribution is -2.22. The molecule has 0 amide bonds. The van der Waals surface area contributed by atoms with E-state index in [2.05, 4.69) is 0 Å². The molecule has 0 saturated heterocycles. The van der Waals surface area contributed by atoms with Crippen molar-refractivity contribution in [1.82, 2.24) is 0 Å². The molecule has 1 unspecified atom stereocenters. The number of aryl methyl sites for hydroxylation is 1. The number of halogens is 1. The van der Waals surface area contributed by atoms with Gasteiger partial charge >= 0.3 is 5.97 Å². The van der Waals surface area contributed by atoms with Crippen LogP contribution in [-0.2, 0) is 11.2 Å². The van der Waals surface area contributed by atoms with Crippen molar-refractivity contribution < 1.29 is 19.4 Å². The van der Waals surface area contributed by atoms with Crippen molar-refractivity contribution in [1.29, 1.82) is 0 Å². The average molecular weight is 198 g/mol. The number of aliphatic carboxylic acids is 1. The molecule has 0 spiro atoms. The minimum absolute atomic E-state index is 0.207. The Kier molecular flexibility index (Phi) is 3.19. The molecule has 4 heteroatoms. The second-order valence-electron chi connectivity index (χ2n) is 3.15. The Bertz CT molecular complexity index is 349. The van der Waals surface area contributed by atoms with Gasteiger partial charge in [-0.3, -0.25) is 0 Å². The quantitative estimate of drug-likeness (QED) is 0.765. The first-order chi connectivity index (χ1) is 6.50. The van der Waals surface area contributed by atoms with E-state index < -0.39 is 17.9 Å². The Morgan fingerprint density at radius 1 is 1.57 bits per heavy atom. The molecule has 1 aromatic carbocycles. The Labute approximate surface area is 80.8 Å². The third kappa shape index (κ3) is 2.53. The van der Waals surface area contributed by atoms with E-state index in [1.54, 1.807) is 13.0 Å². The molecule has 0 radical (unpaired) electrons. The molecule has 1 atom stereocenters. The van der Waals surface area contributed by atoms with Gasteiger partial charge in [0.2, 0.25) is 0 Å². The molecule has 14 heavy (non-hydrogen) atoms. The Balaban J connectivity index is 2.82. The maximum absolute atomic E-state index is 13.2. The molecule has 0 aliphatic heterocycles. The van der Waals surface area contributed by atoms with Gasteiger partial charge in [0.25, 0.3) is 0 Å². The SMILES string of the molecule is Cc1ccc(CC(O)C(=O)O)c(F)c1. The summed E-state index contributed by atoms with van der Waals surface area (Å²) in [4.78, 5) is 10.3. The van der Waals surface area contributed by atoms with Crippen molar-refractivity contribution in [2.75, 3.05) is 0 Å². The van der Waals surface area contributed by atoms with Crippen LogP contribution >= 0.6 is 0 Å². The summed E-state index contributed by atoms with van der Waals surface area (Å²) in [7, 11) is 0. The van der Waals surface area contributed by atoms with Gasteiger partial charge in [-0.1, -0.05) is 12.1 Å². The van der Waals surface area contributed by atoms with Crippen molar-refractivity contribution in [3.8, 4) is 0 Å². The van der Waals surface area contributed by atoms with Crippen molar-refractivity contribution in [3.63, 3.8) is 0 Å². The zero-order valence-corrected chi connectivity index (χ0v) is 7.70. The van der Waals surface area contributed by atoms with Gasteiger partial charge < -0.3 is 10.2 Å². The van der Waals surface area contributed by atoms with Gasteiger partial charge in [0.1, 0.15) is 5.82 Å². The number of rotatable bonds is 3. The van der Waals surface area contributed by atoms with Crippen LogP contribution in [0, 0.1) is 12.7 Å². The predicted molar refractivity (Wildman–Crippen MR) is 48.5 cm³/mol. The molecule has 0 heterocycles. The fourth-order valence-electron chi connectivity index (χ4n) is 1.11. The molecule has 1 aromatic rings. The van der Waals surface area contributed by atoms with Crippen LogP contribution in [0.15, 0.2) is 18.2 Å². The van der Waals surface area contributed by atoms with Gasteiger partial charge in [0, 0.05) is 6.42 Å². The average Bonchev–Trinajstić information content (AvgIpc) is 2.09. The van der Waals surface area contributed by atoms with Gasteiger partial charge in [-0.2, -0.15) is 0 Å². The molecule has 0 aliphatic carbocycles. The van der Waals surface area contributed by atoms with E-state index in [1.807, 2.05) is 0 Å². The number of carboxylic acids is 1. The Morgan fingerprint density at radius 3 is 2.71 bits per heavy atom. The molecule has 2 N–H and O–H groups in total. The second kappa shape index (κ2) is 4.19. The van der Waals surface area contributed by atoms with Gasteiger partial charge in [-0.05, 0) is 24.1 Å². The molecule has 76 valence electrons. The van der Waals surface area contributed by atoms with Crippen LogP contribution in [0.25, 0.3) is 0 Å². The molecule has 0 fully saturated rings. The first-order valence-corrected chi connectivity index (χ1v) is 4.16. The van der Waals surface area contributed by atoms with Crippen molar-refractivity contribution in [2.45, 2.75) is 19.4 Å². The highest BCUT2D eigenvalue weighted by Crippen LogP contribution is 2.11. The van der Waals surface area contributed by atoms with Gasteiger partial charge in [-0.15, -0.1) is 0 Å². The molecular weight excluding hydrogens is 187 g/mol. The van der Waals surface area contributed by atoms with Crippen LogP contribution in [0.1, 0.15) is 11.1 Å². The van der Waals surface area contributed by atoms with Crippen LogP contribution in [0.4, 0.5) is 4.39 Å². The van der Waals surface area contributed by atoms with Crippen molar-refractivity contribution in [3.05, 3.63) is 35.1 Å². The van der Waals surface area contributed by atoms with Crippen molar-refractivity contribution in [2.24, 2.45) is 0 Å². The van der Waals surface area contributed by atoms with E-state index in [1.165, 1.54) is 12.1 Å². The predicted octanol–water partition coefficient (Wildman–Crippen LogP) is 1.12. The summed E-state index contributed by atoms with van der Waals surface area (Å²) < 4.78 is 13.2. The summed E-state index contributed by atoms with van der Waals surface area (Å²) in [6.45, 7) is 1.74.